The molecule has 1 atom stereocenters. The van der Waals surface area contributed by atoms with E-state index in [1.807, 2.05) is 6.07 Å². The quantitative estimate of drug-likeness (QED) is 0.781. The van der Waals surface area contributed by atoms with E-state index in [9.17, 15) is 9.00 Å². The van der Waals surface area contributed by atoms with Gasteiger partial charge >= 0.3 is 0 Å². The van der Waals surface area contributed by atoms with Crippen LogP contribution in [0.1, 0.15) is 5.56 Å². The van der Waals surface area contributed by atoms with Crippen molar-refractivity contribution in [3.63, 3.8) is 0 Å². The Bertz CT molecular complexity index is 468. The lowest BCUT2D eigenvalue weighted by Crippen LogP contribution is -2.22. The van der Waals surface area contributed by atoms with Gasteiger partial charge in [0.05, 0.1) is 17.9 Å². The fourth-order valence-electron chi connectivity index (χ4n) is 1.16. The highest BCUT2D eigenvalue weighted by Crippen LogP contribution is 2.16. The van der Waals surface area contributed by atoms with Gasteiger partial charge in [-0.3, -0.25) is 9.00 Å². The topological polar surface area (TPSA) is 93.2 Å². The number of benzene rings is 1. The highest BCUT2D eigenvalue weighted by atomic mass is 32.2. The summed E-state index contributed by atoms with van der Waals surface area (Å²) in [5.41, 5.74) is 5.33. The summed E-state index contributed by atoms with van der Waals surface area (Å²) in [4.78, 5) is 10.5. The van der Waals surface area contributed by atoms with Crippen LogP contribution in [-0.2, 0) is 15.6 Å². The summed E-state index contributed by atoms with van der Waals surface area (Å²) < 4.78 is 16.6. The molecular weight excluding hydrogens is 240 g/mol. The average Bonchev–Trinajstić information content (AvgIpc) is 2.28. The van der Waals surface area contributed by atoms with Crippen molar-refractivity contribution >= 4 is 16.7 Å². The number of hydrogen-bond donors (Lipinski definition) is 1. The van der Waals surface area contributed by atoms with Crippen LogP contribution in [-0.4, -0.2) is 28.2 Å². The first-order valence-corrected chi connectivity index (χ1v) is 6.37. The monoisotopic (exact) mass is 252 g/mol. The van der Waals surface area contributed by atoms with Gasteiger partial charge in [0, 0.05) is 10.8 Å². The average molecular weight is 252 g/mol. The highest BCUT2D eigenvalue weighted by Gasteiger charge is 2.06. The Labute approximate surface area is 102 Å². The van der Waals surface area contributed by atoms with Gasteiger partial charge < -0.3 is 10.5 Å². The van der Waals surface area contributed by atoms with Crippen LogP contribution in [0.25, 0.3) is 0 Å². The van der Waals surface area contributed by atoms with E-state index in [0.29, 0.717) is 11.3 Å². The number of carbonyl (C=O) groups is 1. The van der Waals surface area contributed by atoms with Crippen LogP contribution in [0.15, 0.2) is 24.3 Å². The molecule has 1 rings (SSSR count). The number of amides is 1. The van der Waals surface area contributed by atoms with Gasteiger partial charge in [-0.25, -0.2) is 0 Å². The third kappa shape index (κ3) is 4.66. The van der Waals surface area contributed by atoms with Crippen LogP contribution in [0.3, 0.4) is 0 Å². The zero-order valence-electron chi connectivity index (χ0n) is 9.09. The lowest BCUT2D eigenvalue weighted by Gasteiger charge is -2.06. The molecule has 0 radical (unpaired) electrons. The molecule has 17 heavy (non-hydrogen) atoms. The van der Waals surface area contributed by atoms with E-state index in [4.69, 9.17) is 15.7 Å². The van der Waals surface area contributed by atoms with Crippen molar-refractivity contribution in [3.8, 4) is 11.8 Å². The molecule has 0 aliphatic carbocycles. The smallest absolute Gasteiger partial charge is 0.230 e. The molecule has 1 aromatic carbocycles. The third-order valence-corrected chi connectivity index (χ3v) is 3.11. The third-order valence-electron chi connectivity index (χ3n) is 1.88. The molecule has 0 aliphatic heterocycles. The van der Waals surface area contributed by atoms with Crippen LogP contribution in [0.4, 0.5) is 0 Å². The number of nitriles is 1. The van der Waals surface area contributed by atoms with E-state index < -0.39 is 16.7 Å². The van der Waals surface area contributed by atoms with Crippen LogP contribution < -0.4 is 10.5 Å². The maximum atomic E-state index is 11.3. The maximum absolute atomic E-state index is 11.3. The minimum absolute atomic E-state index is 0.163. The second-order valence-electron chi connectivity index (χ2n) is 3.21. The molecule has 0 spiro atoms. The summed E-state index contributed by atoms with van der Waals surface area (Å²) >= 11 is 0. The number of hydrogen-bond acceptors (Lipinski definition) is 4. The fraction of sp³-hybridized carbons (Fsp3) is 0.273. The molecule has 1 amide bonds. The molecule has 0 aromatic heterocycles. The summed E-state index contributed by atoms with van der Waals surface area (Å²) in [5, 5.41) is 8.79. The van der Waals surface area contributed by atoms with E-state index in [2.05, 4.69) is 0 Å². The lowest BCUT2D eigenvalue weighted by molar-refractivity contribution is -0.115. The lowest BCUT2D eigenvalue weighted by atomic mass is 10.2. The zero-order valence-corrected chi connectivity index (χ0v) is 9.90. The highest BCUT2D eigenvalue weighted by molar-refractivity contribution is 7.85. The van der Waals surface area contributed by atoms with Crippen LogP contribution in [0.5, 0.6) is 5.75 Å². The van der Waals surface area contributed by atoms with Crippen molar-refractivity contribution in [2.24, 2.45) is 5.73 Å². The number of para-hydroxylation sites is 1. The predicted octanol–water partition coefficient (Wildman–Crippen LogP) is 0.171. The van der Waals surface area contributed by atoms with E-state index in [1.54, 1.807) is 24.3 Å². The Balaban J connectivity index is 2.44. The Kier molecular flexibility index (Phi) is 5.17. The summed E-state index contributed by atoms with van der Waals surface area (Å²) in [5.74, 6) is -0.0989. The summed E-state index contributed by atoms with van der Waals surface area (Å²) in [6, 6.07) is 8.77. The molecule has 0 aliphatic rings. The molecule has 1 aromatic rings. The number of nitrogens with zero attached hydrogens (tertiary/aromatic N) is 1. The standard InChI is InChI=1S/C11H12N2O3S/c12-7-9-3-1-2-4-10(9)16-5-6-17(15)8-11(13)14/h1-4H,5-6,8H2,(H2,13,14). The fourth-order valence-corrected chi connectivity index (χ4v) is 1.89. The molecule has 0 bridgehead atoms. The molecule has 5 nitrogen and oxygen atoms in total. The first-order valence-electron chi connectivity index (χ1n) is 4.88. The summed E-state index contributed by atoms with van der Waals surface area (Å²) in [7, 11) is -1.31. The largest absolute Gasteiger partial charge is 0.491 e. The molecule has 1 unspecified atom stereocenters. The normalized spacial score (nSPS) is 11.5. The number of ether oxygens (including phenoxy) is 1. The van der Waals surface area contributed by atoms with Crippen molar-refractivity contribution in [2.45, 2.75) is 0 Å². The van der Waals surface area contributed by atoms with Crippen molar-refractivity contribution in [1.29, 1.82) is 5.26 Å². The van der Waals surface area contributed by atoms with Gasteiger partial charge in [0.1, 0.15) is 17.6 Å². The van der Waals surface area contributed by atoms with Crippen molar-refractivity contribution in [3.05, 3.63) is 29.8 Å². The van der Waals surface area contributed by atoms with Crippen molar-refractivity contribution in [1.82, 2.24) is 0 Å². The Morgan fingerprint density at radius 1 is 1.47 bits per heavy atom. The molecular formula is C11H12N2O3S. The Morgan fingerprint density at radius 3 is 2.82 bits per heavy atom. The van der Waals surface area contributed by atoms with Crippen LogP contribution in [0, 0.1) is 11.3 Å². The van der Waals surface area contributed by atoms with Gasteiger partial charge in [-0.1, -0.05) is 12.1 Å². The second kappa shape index (κ2) is 6.66. The summed E-state index contributed by atoms with van der Waals surface area (Å²) in [6.07, 6.45) is 0. The van der Waals surface area contributed by atoms with Gasteiger partial charge in [0.15, 0.2) is 0 Å². The first kappa shape index (κ1) is 13.2. The summed E-state index contributed by atoms with van der Waals surface area (Å²) in [6.45, 7) is 0.179. The van der Waals surface area contributed by atoms with Gasteiger partial charge in [-0.2, -0.15) is 5.26 Å². The minimum atomic E-state index is -1.31. The Morgan fingerprint density at radius 2 is 2.18 bits per heavy atom. The van der Waals surface area contributed by atoms with Gasteiger partial charge in [0.2, 0.25) is 5.91 Å². The second-order valence-corrected chi connectivity index (χ2v) is 4.79. The van der Waals surface area contributed by atoms with E-state index in [-0.39, 0.29) is 18.1 Å². The van der Waals surface area contributed by atoms with Gasteiger partial charge in [-0.05, 0) is 12.1 Å². The molecule has 6 heteroatoms. The SMILES string of the molecule is N#Cc1ccccc1OCCS(=O)CC(N)=O. The first-order chi connectivity index (χ1) is 8.13. The van der Waals surface area contributed by atoms with Gasteiger partial charge in [0.25, 0.3) is 0 Å². The molecule has 0 saturated heterocycles. The molecule has 0 saturated carbocycles. The molecule has 2 N–H and O–H groups in total. The van der Waals surface area contributed by atoms with E-state index >= 15 is 0 Å². The van der Waals surface area contributed by atoms with Crippen LogP contribution >= 0.6 is 0 Å². The number of carbonyl (C=O) groups excluding carboxylic acids is 1. The van der Waals surface area contributed by atoms with Crippen LogP contribution in [0.2, 0.25) is 0 Å². The van der Waals surface area contributed by atoms with E-state index in [0.717, 1.165) is 0 Å². The molecule has 0 heterocycles. The number of rotatable bonds is 6. The van der Waals surface area contributed by atoms with Crippen molar-refractivity contribution in [2.75, 3.05) is 18.1 Å². The maximum Gasteiger partial charge on any atom is 0.230 e. The zero-order chi connectivity index (χ0) is 12.7. The minimum Gasteiger partial charge on any atom is -0.491 e. The number of primary amides is 1. The Hall–Kier alpha value is -1.87. The van der Waals surface area contributed by atoms with E-state index in [1.165, 1.54) is 0 Å². The van der Waals surface area contributed by atoms with Gasteiger partial charge in [-0.15, -0.1) is 0 Å². The number of nitrogens with two attached hydrogens (primary N) is 1. The predicted molar refractivity (Wildman–Crippen MR) is 63.7 cm³/mol. The molecule has 0 fully saturated rings. The van der Waals surface area contributed by atoms with Crippen molar-refractivity contribution < 1.29 is 13.7 Å². The molecule has 90 valence electrons.